The first-order valence-electron chi connectivity index (χ1n) is 8.12. The zero-order valence-corrected chi connectivity index (χ0v) is 13.6. The molecule has 3 heteroatoms. The van der Waals surface area contributed by atoms with Crippen molar-refractivity contribution in [3.63, 3.8) is 0 Å². The molecular formula is C20H22N2O. The summed E-state index contributed by atoms with van der Waals surface area (Å²) in [6.07, 6.45) is 3.58. The molecule has 3 rings (SSSR count). The van der Waals surface area contributed by atoms with Gasteiger partial charge in [0.2, 0.25) is 0 Å². The molecule has 1 aromatic heterocycles. The largest absolute Gasteiger partial charge is 0.508 e. The average Bonchev–Trinajstić information content (AvgIpc) is 2.53. The first-order chi connectivity index (χ1) is 11.2. The van der Waals surface area contributed by atoms with Gasteiger partial charge in [0, 0.05) is 28.5 Å². The van der Waals surface area contributed by atoms with Gasteiger partial charge in [0.25, 0.3) is 0 Å². The maximum atomic E-state index is 9.64. The Hall–Kier alpha value is -2.55. The lowest BCUT2D eigenvalue weighted by Gasteiger charge is -2.12. The topological polar surface area (TPSA) is 45.2 Å². The average molecular weight is 306 g/mol. The number of nitrogens with zero attached hydrogens (tertiary/aromatic N) is 1. The molecule has 0 spiro atoms. The summed E-state index contributed by atoms with van der Waals surface area (Å²) in [6, 6.07) is 15.9. The van der Waals surface area contributed by atoms with Gasteiger partial charge in [0.1, 0.15) is 5.75 Å². The summed E-state index contributed by atoms with van der Waals surface area (Å²) in [7, 11) is 0. The second-order valence-corrected chi connectivity index (χ2v) is 5.94. The quantitative estimate of drug-likeness (QED) is 0.669. The number of rotatable bonds is 5. The minimum atomic E-state index is 0.238. The molecule has 0 saturated carbocycles. The smallest absolute Gasteiger partial charge is 0.117 e. The van der Waals surface area contributed by atoms with Gasteiger partial charge in [-0.15, -0.1) is 0 Å². The SMILES string of the molecule is CCCCc1ccc(Nc2cc(C)nc3cc(O)ccc23)cc1. The van der Waals surface area contributed by atoms with Crippen LogP contribution < -0.4 is 5.32 Å². The third-order valence-corrected chi connectivity index (χ3v) is 3.97. The van der Waals surface area contributed by atoms with Crippen LogP contribution >= 0.6 is 0 Å². The number of phenols is 1. The van der Waals surface area contributed by atoms with E-state index in [1.165, 1.54) is 18.4 Å². The van der Waals surface area contributed by atoms with E-state index in [0.29, 0.717) is 0 Å². The van der Waals surface area contributed by atoms with Crippen molar-refractivity contribution in [2.75, 3.05) is 5.32 Å². The van der Waals surface area contributed by atoms with Gasteiger partial charge >= 0.3 is 0 Å². The number of fused-ring (bicyclic) bond motifs is 1. The Morgan fingerprint density at radius 3 is 2.57 bits per heavy atom. The van der Waals surface area contributed by atoms with Crippen molar-refractivity contribution in [3.05, 3.63) is 59.8 Å². The summed E-state index contributed by atoms with van der Waals surface area (Å²) in [5.41, 5.74) is 5.16. The Bertz CT molecular complexity index is 804. The Labute approximate surface area is 137 Å². The molecule has 2 N–H and O–H groups in total. The molecule has 0 atom stereocenters. The van der Waals surface area contributed by atoms with E-state index in [0.717, 1.165) is 34.4 Å². The molecule has 0 saturated heterocycles. The summed E-state index contributed by atoms with van der Waals surface area (Å²) in [5.74, 6) is 0.238. The number of hydrogen-bond acceptors (Lipinski definition) is 3. The van der Waals surface area contributed by atoms with Gasteiger partial charge in [-0.3, -0.25) is 4.98 Å². The number of unbranched alkanes of at least 4 members (excludes halogenated alkanes) is 1. The lowest BCUT2D eigenvalue weighted by atomic mass is 10.1. The number of pyridine rings is 1. The maximum absolute atomic E-state index is 9.64. The Kier molecular flexibility index (Phi) is 4.47. The van der Waals surface area contributed by atoms with Gasteiger partial charge in [0.05, 0.1) is 5.52 Å². The Morgan fingerprint density at radius 1 is 1.04 bits per heavy atom. The fraction of sp³-hybridized carbons (Fsp3) is 0.250. The van der Waals surface area contributed by atoms with E-state index in [1.807, 2.05) is 19.1 Å². The standard InChI is InChI=1S/C20H22N2O/c1-3-4-5-15-6-8-16(9-7-15)22-19-12-14(2)21-20-13-17(23)10-11-18(19)20/h6-13,23H,3-5H2,1-2H3,(H,21,22). The molecule has 0 unspecified atom stereocenters. The van der Waals surface area contributed by atoms with Crippen LogP contribution in [0.15, 0.2) is 48.5 Å². The fourth-order valence-electron chi connectivity index (χ4n) is 2.74. The van der Waals surface area contributed by atoms with E-state index in [2.05, 4.69) is 41.5 Å². The molecule has 1 heterocycles. The summed E-state index contributed by atoms with van der Waals surface area (Å²) >= 11 is 0. The van der Waals surface area contributed by atoms with E-state index in [4.69, 9.17) is 0 Å². The molecule has 3 nitrogen and oxygen atoms in total. The monoisotopic (exact) mass is 306 g/mol. The molecule has 118 valence electrons. The van der Waals surface area contributed by atoms with Gasteiger partial charge in [-0.05, 0) is 55.7 Å². The van der Waals surface area contributed by atoms with Crippen LogP contribution in [0.25, 0.3) is 10.9 Å². The van der Waals surface area contributed by atoms with Crippen molar-refractivity contribution in [1.29, 1.82) is 0 Å². The first kappa shape index (κ1) is 15.3. The molecule has 3 aromatic rings. The summed E-state index contributed by atoms with van der Waals surface area (Å²) in [5, 5.41) is 14.1. The number of benzene rings is 2. The van der Waals surface area contributed by atoms with Crippen LogP contribution in [0.2, 0.25) is 0 Å². The zero-order chi connectivity index (χ0) is 16.2. The van der Waals surface area contributed by atoms with Crippen LogP contribution in [-0.2, 0) is 6.42 Å². The van der Waals surface area contributed by atoms with Gasteiger partial charge in [-0.1, -0.05) is 25.5 Å². The molecule has 0 radical (unpaired) electrons. The zero-order valence-electron chi connectivity index (χ0n) is 13.6. The second kappa shape index (κ2) is 6.69. The van der Waals surface area contributed by atoms with E-state index in [9.17, 15) is 5.11 Å². The lowest BCUT2D eigenvalue weighted by molar-refractivity contribution is 0.476. The van der Waals surface area contributed by atoms with Crippen LogP contribution in [0.4, 0.5) is 11.4 Å². The van der Waals surface area contributed by atoms with E-state index in [-0.39, 0.29) is 5.75 Å². The highest BCUT2D eigenvalue weighted by molar-refractivity contribution is 5.93. The lowest BCUT2D eigenvalue weighted by Crippen LogP contribution is -1.95. The normalized spacial score (nSPS) is 10.9. The van der Waals surface area contributed by atoms with Gasteiger partial charge < -0.3 is 10.4 Å². The van der Waals surface area contributed by atoms with E-state index >= 15 is 0 Å². The van der Waals surface area contributed by atoms with Gasteiger partial charge in [-0.2, -0.15) is 0 Å². The third-order valence-electron chi connectivity index (χ3n) is 3.97. The summed E-state index contributed by atoms with van der Waals surface area (Å²) < 4.78 is 0. The second-order valence-electron chi connectivity index (χ2n) is 5.94. The van der Waals surface area contributed by atoms with Crippen molar-refractivity contribution in [2.45, 2.75) is 33.1 Å². The Balaban J connectivity index is 1.89. The number of aromatic nitrogens is 1. The molecular weight excluding hydrogens is 284 g/mol. The molecule has 0 aliphatic heterocycles. The maximum Gasteiger partial charge on any atom is 0.117 e. The van der Waals surface area contributed by atoms with Crippen LogP contribution in [0.5, 0.6) is 5.75 Å². The summed E-state index contributed by atoms with van der Waals surface area (Å²) in [4.78, 5) is 4.49. The van der Waals surface area contributed by atoms with Crippen molar-refractivity contribution in [2.24, 2.45) is 0 Å². The van der Waals surface area contributed by atoms with E-state index in [1.54, 1.807) is 12.1 Å². The number of nitrogens with one attached hydrogen (secondary N) is 1. The molecule has 0 bridgehead atoms. The highest BCUT2D eigenvalue weighted by Gasteiger charge is 2.05. The molecule has 2 aromatic carbocycles. The first-order valence-corrected chi connectivity index (χ1v) is 8.12. The molecule has 0 amide bonds. The number of phenolic OH excluding ortho intramolecular Hbond substituents is 1. The molecule has 23 heavy (non-hydrogen) atoms. The number of aryl methyl sites for hydroxylation is 2. The summed E-state index contributed by atoms with van der Waals surface area (Å²) in [6.45, 7) is 4.17. The molecule has 0 fully saturated rings. The van der Waals surface area contributed by atoms with Crippen molar-refractivity contribution < 1.29 is 5.11 Å². The van der Waals surface area contributed by atoms with Crippen molar-refractivity contribution in [3.8, 4) is 5.75 Å². The molecule has 0 aliphatic rings. The van der Waals surface area contributed by atoms with E-state index < -0.39 is 0 Å². The van der Waals surface area contributed by atoms with Crippen LogP contribution in [0.3, 0.4) is 0 Å². The van der Waals surface area contributed by atoms with Crippen LogP contribution in [-0.4, -0.2) is 10.1 Å². The van der Waals surface area contributed by atoms with Crippen molar-refractivity contribution in [1.82, 2.24) is 4.98 Å². The third kappa shape index (κ3) is 3.62. The fourth-order valence-corrected chi connectivity index (χ4v) is 2.74. The number of hydrogen-bond donors (Lipinski definition) is 2. The highest BCUT2D eigenvalue weighted by Crippen LogP contribution is 2.28. The molecule has 0 aliphatic carbocycles. The van der Waals surface area contributed by atoms with Gasteiger partial charge in [0.15, 0.2) is 0 Å². The predicted molar refractivity (Wildman–Crippen MR) is 96.5 cm³/mol. The van der Waals surface area contributed by atoms with Crippen LogP contribution in [0, 0.1) is 6.92 Å². The minimum Gasteiger partial charge on any atom is -0.508 e. The Morgan fingerprint density at radius 2 is 1.83 bits per heavy atom. The van der Waals surface area contributed by atoms with Crippen molar-refractivity contribution >= 4 is 22.3 Å². The van der Waals surface area contributed by atoms with Crippen LogP contribution in [0.1, 0.15) is 31.0 Å². The minimum absolute atomic E-state index is 0.238. The number of aromatic hydroxyl groups is 1. The predicted octanol–water partition coefficient (Wildman–Crippen LogP) is 5.34. The highest BCUT2D eigenvalue weighted by atomic mass is 16.3. The van der Waals surface area contributed by atoms with Gasteiger partial charge in [-0.25, -0.2) is 0 Å². The number of anilines is 2.